The van der Waals surface area contributed by atoms with E-state index in [1.807, 2.05) is 30.3 Å². The molecule has 0 spiro atoms. The number of alkyl halides is 1. The van der Waals surface area contributed by atoms with Crippen molar-refractivity contribution in [3.05, 3.63) is 59.4 Å². The lowest BCUT2D eigenvalue weighted by molar-refractivity contribution is 0.101. The van der Waals surface area contributed by atoms with Crippen molar-refractivity contribution < 1.29 is 14.0 Å². The van der Waals surface area contributed by atoms with Crippen LogP contribution in [0.5, 0.6) is 0 Å². The molecule has 0 bridgehead atoms. The molecule has 3 rings (SSSR count). The summed E-state index contributed by atoms with van der Waals surface area (Å²) in [6.07, 6.45) is 1.61. The molecule has 1 aromatic heterocycles. The van der Waals surface area contributed by atoms with Crippen LogP contribution in [0.3, 0.4) is 0 Å². The minimum absolute atomic E-state index is 0.0854. The number of hydrogen-bond acceptors (Lipinski definition) is 4. The van der Waals surface area contributed by atoms with Gasteiger partial charge in [0.15, 0.2) is 11.6 Å². The lowest BCUT2D eigenvalue weighted by Gasteiger charge is -2.09. The standard InChI is InChI=1S/C19H12BrNO3/c1-11(22)15-7-16(18(23)8-20)13(9-21)6-17(15)19-14-5-3-2-4-12(14)10-24-19/h2-7,10H,8H2,1H3. The van der Waals surface area contributed by atoms with E-state index in [0.717, 1.165) is 10.8 Å². The van der Waals surface area contributed by atoms with Gasteiger partial charge in [-0.15, -0.1) is 0 Å². The monoisotopic (exact) mass is 381 g/mol. The Balaban J connectivity index is 2.33. The summed E-state index contributed by atoms with van der Waals surface area (Å²) in [5.74, 6) is 0.0774. The van der Waals surface area contributed by atoms with Crippen molar-refractivity contribution in [1.29, 1.82) is 5.26 Å². The lowest BCUT2D eigenvalue weighted by atomic mass is 9.93. The van der Waals surface area contributed by atoms with Crippen molar-refractivity contribution in [3.63, 3.8) is 0 Å². The Labute approximate surface area is 146 Å². The second-order valence-corrected chi connectivity index (χ2v) is 5.88. The SMILES string of the molecule is CC(=O)c1cc(C(=O)CBr)c(C#N)cc1-c1occ2ccccc12. The summed E-state index contributed by atoms with van der Waals surface area (Å²) in [7, 11) is 0. The highest BCUT2D eigenvalue weighted by Gasteiger charge is 2.21. The van der Waals surface area contributed by atoms with Crippen LogP contribution in [-0.4, -0.2) is 16.9 Å². The van der Waals surface area contributed by atoms with E-state index in [-0.39, 0.29) is 28.0 Å². The maximum Gasteiger partial charge on any atom is 0.174 e. The average Bonchev–Trinajstić information content (AvgIpc) is 3.03. The molecule has 2 aromatic carbocycles. The number of Topliss-reactive ketones (excluding diaryl/α,β-unsaturated/α-hetero) is 2. The molecule has 0 aliphatic heterocycles. The number of rotatable bonds is 4. The first-order valence-electron chi connectivity index (χ1n) is 7.21. The highest BCUT2D eigenvalue weighted by Crippen LogP contribution is 2.34. The minimum Gasteiger partial charge on any atom is -0.463 e. The minimum atomic E-state index is -0.245. The van der Waals surface area contributed by atoms with Gasteiger partial charge in [-0.1, -0.05) is 40.2 Å². The molecule has 1 heterocycles. The Morgan fingerprint density at radius 3 is 2.62 bits per heavy atom. The summed E-state index contributed by atoms with van der Waals surface area (Å²) >= 11 is 3.10. The summed E-state index contributed by atoms with van der Waals surface area (Å²) in [5.41, 5.74) is 1.34. The van der Waals surface area contributed by atoms with E-state index in [1.165, 1.54) is 13.0 Å². The molecule has 0 saturated carbocycles. The number of ketones is 2. The molecule has 0 amide bonds. The van der Waals surface area contributed by atoms with Gasteiger partial charge in [0.1, 0.15) is 5.76 Å². The van der Waals surface area contributed by atoms with Crippen LogP contribution < -0.4 is 0 Å². The first-order chi connectivity index (χ1) is 11.6. The summed E-state index contributed by atoms with van der Waals surface area (Å²) < 4.78 is 5.66. The fraction of sp³-hybridized carbons (Fsp3) is 0.105. The predicted molar refractivity (Wildman–Crippen MR) is 94.5 cm³/mol. The quantitative estimate of drug-likeness (QED) is 0.482. The third kappa shape index (κ3) is 2.66. The zero-order valence-corrected chi connectivity index (χ0v) is 14.4. The first kappa shape index (κ1) is 16.2. The molecule has 4 nitrogen and oxygen atoms in total. The molecule has 0 aliphatic carbocycles. The maximum absolute atomic E-state index is 12.1. The highest BCUT2D eigenvalue weighted by atomic mass is 79.9. The van der Waals surface area contributed by atoms with Crippen LogP contribution in [-0.2, 0) is 0 Å². The fourth-order valence-electron chi connectivity index (χ4n) is 2.68. The van der Waals surface area contributed by atoms with Crippen LogP contribution >= 0.6 is 15.9 Å². The van der Waals surface area contributed by atoms with Gasteiger partial charge in [0.25, 0.3) is 0 Å². The maximum atomic E-state index is 12.1. The first-order valence-corrected chi connectivity index (χ1v) is 8.33. The second kappa shape index (κ2) is 6.42. The Morgan fingerprint density at radius 1 is 1.21 bits per heavy atom. The Morgan fingerprint density at radius 2 is 1.96 bits per heavy atom. The summed E-state index contributed by atoms with van der Waals surface area (Å²) in [4.78, 5) is 24.2. The van der Waals surface area contributed by atoms with E-state index in [9.17, 15) is 14.9 Å². The smallest absolute Gasteiger partial charge is 0.174 e. The molecule has 0 N–H and O–H groups in total. The number of carbonyl (C=O) groups is 2. The van der Waals surface area contributed by atoms with Gasteiger partial charge in [0.05, 0.1) is 23.2 Å². The Hall–Kier alpha value is -2.71. The third-order valence-corrected chi connectivity index (χ3v) is 4.34. The predicted octanol–water partition coefficient (Wildman–Crippen LogP) is 4.75. The number of nitrogens with zero attached hydrogens (tertiary/aromatic N) is 1. The molecule has 24 heavy (non-hydrogen) atoms. The van der Waals surface area contributed by atoms with Crippen molar-refractivity contribution in [3.8, 4) is 17.4 Å². The van der Waals surface area contributed by atoms with Crippen molar-refractivity contribution in [1.82, 2.24) is 0 Å². The molecule has 0 aliphatic rings. The number of carbonyl (C=O) groups excluding carboxylic acids is 2. The van der Waals surface area contributed by atoms with Gasteiger partial charge < -0.3 is 4.42 Å². The molecular weight excluding hydrogens is 370 g/mol. The largest absolute Gasteiger partial charge is 0.463 e. The van der Waals surface area contributed by atoms with Gasteiger partial charge in [-0.05, 0) is 19.1 Å². The van der Waals surface area contributed by atoms with Gasteiger partial charge in [-0.3, -0.25) is 9.59 Å². The zero-order chi connectivity index (χ0) is 17.3. The van der Waals surface area contributed by atoms with Gasteiger partial charge in [-0.2, -0.15) is 5.26 Å². The van der Waals surface area contributed by atoms with Crippen LogP contribution in [0.25, 0.3) is 22.1 Å². The number of benzene rings is 2. The lowest BCUT2D eigenvalue weighted by Crippen LogP contribution is -2.07. The molecule has 0 unspecified atom stereocenters. The highest BCUT2D eigenvalue weighted by molar-refractivity contribution is 9.09. The Kier molecular flexibility index (Phi) is 4.32. The normalized spacial score (nSPS) is 10.5. The van der Waals surface area contributed by atoms with Gasteiger partial charge >= 0.3 is 0 Å². The van der Waals surface area contributed by atoms with Crippen LogP contribution in [0.1, 0.15) is 33.2 Å². The third-order valence-electron chi connectivity index (χ3n) is 3.83. The molecule has 118 valence electrons. The van der Waals surface area contributed by atoms with Crippen molar-refractivity contribution >= 4 is 38.3 Å². The molecular formula is C19H12BrNO3. The van der Waals surface area contributed by atoms with Crippen molar-refractivity contribution in [2.45, 2.75) is 6.92 Å². The number of halogens is 1. The average molecular weight is 382 g/mol. The zero-order valence-electron chi connectivity index (χ0n) is 12.8. The number of fused-ring (bicyclic) bond motifs is 1. The molecule has 3 aromatic rings. The molecule has 0 fully saturated rings. The Bertz CT molecular complexity index is 1010. The van der Waals surface area contributed by atoms with E-state index in [4.69, 9.17) is 4.42 Å². The van der Waals surface area contributed by atoms with Crippen LogP contribution in [0.4, 0.5) is 0 Å². The van der Waals surface area contributed by atoms with E-state index in [2.05, 4.69) is 15.9 Å². The van der Waals surface area contributed by atoms with E-state index < -0.39 is 0 Å². The molecule has 0 radical (unpaired) electrons. The van der Waals surface area contributed by atoms with Gasteiger partial charge in [-0.25, -0.2) is 0 Å². The van der Waals surface area contributed by atoms with Crippen LogP contribution in [0, 0.1) is 11.3 Å². The summed E-state index contributed by atoms with van der Waals surface area (Å²) in [6, 6.07) is 12.6. The molecule has 0 atom stereocenters. The van der Waals surface area contributed by atoms with E-state index in [0.29, 0.717) is 16.9 Å². The molecule has 0 saturated heterocycles. The van der Waals surface area contributed by atoms with E-state index in [1.54, 1.807) is 12.3 Å². The number of furan rings is 1. The summed E-state index contributed by atoms with van der Waals surface area (Å²) in [5, 5.41) is 11.2. The van der Waals surface area contributed by atoms with Crippen molar-refractivity contribution in [2.24, 2.45) is 0 Å². The van der Waals surface area contributed by atoms with E-state index >= 15 is 0 Å². The second-order valence-electron chi connectivity index (χ2n) is 5.32. The van der Waals surface area contributed by atoms with Crippen LogP contribution in [0.2, 0.25) is 0 Å². The summed E-state index contributed by atoms with van der Waals surface area (Å²) in [6.45, 7) is 1.43. The van der Waals surface area contributed by atoms with Gasteiger partial charge in [0, 0.05) is 27.5 Å². The van der Waals surface area contributed by atoms with Crippen LogP contribution in [0.15, 0.2) is 47.1 Å². The topological polar surface area (TPSA) is 71.1 Å². The number of hydrogen-bond donors (Lipinski definition) is 0. The van der Waals surface area contributed by atoms with Crippen molar-refractivity contribution in [2.75, 3.05) is 5.33 Å². The number of nitriles is 1. The fourth-order valence-corrected chi connectivity index (χ4v) is 2.98. The molecule has 5 heteroatoms. The van der Waals surface area contributed by atoms with Gasteiger partial charge in [0.2, 0.25) is 0 Å².